The summed E-state index contributed by atoms with van der Waals surface area (Å²) in [7, 11) is 0. The highest BCUT2D eigenvalue weighted by Crippen LogP contribution is 2.25. The number of aliphatic carboxylic acids is 1. The highest BCUT2D eigenvalue weighted by Gasteiger charge is 2.05. The fourth-order valence-electron chi connectivity index (χ4n) is 1.95. The molecule has 0 aliphatic heterocycles. The average molecular weight is 342 g/mol. The van der Waals surface area contributed by atoms with Crippen molar-refractivity contribution in [2.45, 2.75) is 6.92 Å². The van der Waals surface area contributed by atoms with Gasteiger partial charge in [-0.3, -0.25) is 10.4 Å². The molecule has 0 saturated heterocycles. The molecule has 8 heteroatoms. The number of hydrazone groups is 1. The third-order valence-electron chi connectivity index (χ3n) is 3.08. The van der Waals surface area contributed by atoms with Crippen LogP contribution in [0.4, 0.5) is 5.13 Å². The summed E-state index contributed by atoms with van der Waals surface area (Å²) in [6.07, 6.45) is 1.54. The molecule has 3 aromatic rings. The zero-order chi connectivity index (χ0) is 16.9. The minimum Gasteiger partial charge on any atom is -0.482 e. The zero-order valence-electron chi connectivity index (χ0n) is 12.8. The third-order valence-corrected chi connectivity index (χ3v) is 4.02. The van der Waals surface area contributed by atoms with E-state index in [1.807, 2.05) is 24.3 Å². The van der Waals surface area contributed by atoms with Gasteiger partial charge >= 0.3 is 5.97 Å². The SMILES string of the molecule is C/C(=N\Nc1nc2ccccc2s1)c1cc(OCC(=O)O)ccn1. The maximum atomic E-state index is 10.5. The molecule has 0 bridgehead atoms. The first-order valence-corrected chi connectivity index (χ1v) is 7.90. The predicted octanol–water partition coefficient (Wildman–Crippen LogP) is 2.99. The molecule has 122 valence electrons. The number of carboxylic acids is 1. The summed E-state index contributed by atoms with van der Waals surface area (Å²) < 4.78 is 6.21. The first kappa shape index (κ1) is 15.9. The Balaban J connectivity index is 1.73. The van der Waals surface area contributed by atoms with Gasteiger partial charge in [-0.15, -0.1) is 0 Å². The lowest BCUT2D eigenvalue weighted by molar-refractivity contribution is -0.139. The summed E-state index contributed by atoms with van der Waals surface area (Å²) in [5.74, 6) is -0.604. The molecule has 2 heterocycles. The molecule has 0 amide bonds. The van der Waals surface area contributed by atoms with Crippen LogP contribution in [0.3, 0.4) is 0 Å². The average Bonchev–Trinajstić information content (AvgIpc) is 3.01. The van der Waals surface area contributed by atoms with Crippen molar-refractivity contribution in [3.05, 3.63) is 48.3 Å². The van der Waals surface area contributed by atoms with Gasteiger partial charge in [-0.2, -0.15) is 5.10 Å². The van der Waals surface area contributed by atoms with E-state index in [1.54, 1.807) is 25.3 Å². The van der Waals surface area contributed by atoms with Gasteiger partial charge in [-0.05, 0) is 25.1 Å². The van der Waals surface area contributed by atoms with E-state index in [2.05, 4.69) is 20.5 Å². The lowest BCUT2D eigenvalue weighted by Crippen LogP contribution is -2.10. The Labute approximate surface area is 141 Å². The molecule has 0 spiro atoms. The maximum absolute atomic E-state index is 10.5. The van der Waals surface area contributed by atoms with Crippen molar-refractivity contribution in [2.75, 3.05) is 12.0 Å². The number of rotatable bonds is 6. The minimum absolute atomic E-state index is 0.399. The van der Waals surface area contributed by atoms with E-state index in [4.69, 9.17) is 9.84 Å². The zero-order valence-corrected chi connectivity index (χ0v) is 13.6. The van der Waals surface area contributed by atoms with Crippen molar-refractivity contribution < 1.29 is 14.6 Å². The molecular formula is C16H14N4O3S. The van der Waals surface area contributed by atoms with Crippen molar-refractivity contribution >= 4 is 38.4 Å². The number of ether oxygens (including phenoxy) is 1. The number of aromatic nitrogens is 2. The molecule has 2 aromatic heterocycles. The van der Waals surface area contributed by atoms with E-state index in [9.17, 15) is 4.79 Å². The minimum atomic E-state index is -1.03. The molecule has 24 heavy (non-hydrogen) atoms. The Morgan fingerprint density at radius 2 is 2.21 bits per heavy atom. The number of nitrogens with zero attached hydrogens (tertiary/aromatic N) is 3. The van der Waals surface area contributed by atoms with Crippen molar-refractivity contribution in [1.29, 1.82) is 0 Å². The van der Waals surface area contributed by atoms with Gasteiger partial charge in [0.05, 0.1) is 21.6 Å². The van der Waals surface area contributed by atoms with Crippen LogP contribution in [0.5, 0.6) is 5.75 Å². The highest BCUT2D eigenvalue weighted by molar-refractivity contribution is 7.22. The lowest BCUT2D eigenvalue weighted by atomic mass is 10.2. The van der Waals surface area contributed by atoms with Crippen molar-refractivity contribution in [1.82, 2.24) is 9.97 Å². The Bertz CT molecular complexity index is 874. The number of hydrogen-bond donors (Lipinski definition) is 2. The molecule has 0 radical (unpaired) electrons. The summed E-state index contributed by atoms with van der Waals surface area (Å²) >= 11 is 1.51. The Morgan fingerprint density at radius 1 is 1.38 bits per heavy atom. The van der Waals surface area contributed by atoms with Crippen LogP contribution in [0.2, 0.25) is 0 Å². The molecular weight excluding hydrogens is 328 g/mol. The Hall–Kier alpha value is -3.00. The molecule has 0 fully saturated rings. The number of pyridine rings is 1. The molecule has 0 saturated carbocycles. The number of anilines is 1. The number of para-hydroxylation sites is 1. The van der Waals surface area contributed by atoms with Crippen LogP contribution in [0.1, 0.15) is 12.6 Å². The molecule has 1 aromatic carbocycles. The molecule has 2 N–H and O–H groups in total. The van der Waals surface area contributed by atoms with Gasteiger partial charge in [-0.25, -0.2) is 9.78 Å². The maximum Gasteiger partial charge on any atom is 0.341 e. The number of nitrogens with one attached hydrogen (secondary N) is 1. The van der Waals surface area contributed by atoms with E-state index >= 15 is 0 Å². The van der Waals surface area contributed by atoms with Crippen LogP contribution < -0.4 is 10.2 Å². The number of fused-ring (bicyclic) bond motifs is 1. The van der Waals surface area contributed by atoms with Crippen LogP contribution in [-0.2, 0) is 4.79 Å². The van der Waals surface area contributed by atoms with Crippen molar-refractivity contribution in [3.63, 3.8) is 0 Å². The molecule has 3 rings (SSSR count). The molecule has 0 atom stereocenters. The van der Waals surface area contributed by atoms with Gasteiger partial charge in [0.15, 0.2) is 6.61 Å². The standard InChI is InChI=1S/C16H14N4O3S/c1-10(13-8-11(6-7-17-13)23-9-15(21)22)19-20-16-18-12-4-2-3-5-14(12)24-16/h2-8H,9H2,1H3,(H,18,20)(H,21,22)/b19-10+. The van der Waals surface area contributed by atoms with Gasteiger partial charge in [0.2, 0.25) is 5.13 Å². The fourth-order valence-corrected chi connectivity index (χ4v) is 2.76. The quantitative estimate of drug-likeness (QED) is 0.528. The summed E-state index contributed by atoms with van der Waals surface area (Å²) in [5, 5.41) is 13.6. The number of benzene rings is 1. The van der Waals surface area contributed by atoms with E-state index < -0.39 is 12.6 Å². The van der Waals surface area contributed by atoms with Crippen molar-refractivity contribution in [2.24, 2.45) is 5.10 Å². The monoisotopic (exact) mass is 342 g/mol. The smallest absolute Gasteiger partial charge is 0.341 e. The third kappa shape index (κ3) is 3.85. The second-order valence-electron chi connectivity index (χ2n) is 4.85. The normalized spacial score (nSPS) is 11.5. The van der Waals surface area contributed by atoms with Gasteiger partial charge in [0.1, 0.15) is 5.75 Å². The Morgan fingerprint density at radius 3 is 3.00 bits per heavy atom. The van der Waals surface area contributed by atoms with Crippen LogP contribution in [0.15, 0.2) is 47.7 Å². The van der Waals surface area contributed by atoms with E-state index in [1.165, 1.54) is 11.3 Å². The lowest BCUT2D eigenvalue weighted by Gasteiger charge is -2.05. The van der Waals surface area contributed by atoms with Crippen LogP contribution >= 0.6 is 11.3 Å². The highest BCUT2D eigenvalue weighted by atomic mass is 32.1. The second kappa shape index (κ2) is 7.05. The van der Waals surface area contributed by atoms with E-state index in [0.29, 0.717) is 22.3 Å². The number of hydrogen-bond acceptors (Lipinski definition) is 7. The van der Waals surface area contributed by atoms with Crippen LogP contribution in [0.25, 0.3) is 10.2 Å². The molecule has 0 aliphatic rings. The Kier molecular flexibility index (Phi) is 4.66. The predicted molar refractivity (Wildman–Crippen MR) is 92.8 cm³/mol. The summed E-state index contributed by atoms with van der Waals surface area (Å²) in [4.78, 5) is 19.2. The number of carboxylic acid groups (broad SMARTS) is 1. The fraction of sp³-hybridized carbons (Fsp3) is 0.125. The number of thiazole rings is 1. The first-order chi connectivity index (χ1) is 11.6. The van der Waals surface area contributed by atoms with Gasteiger partial charge in [0.25, 0.3) is 0 Å². The van der Waals surface area contributed by atoms with Gasteiger partial charge in [0, 0.05) is 12.3 Å². The van der Waals surface area contributed by atoms with E-state index in [0.717, 1.165) is 10.2 Å². The summed E-state index contributed by atoms with van der Waals surface area (Å²) in [5.41, 5.74) is 5.06. The van der Waals surface area contributed by atoms with Crippen molar-refractivity contribution in [3.8, 4) is 5.75 Å². The van der Waals surface area contributed by atoms with E-state index in [-0.39, 0.29) is 0 Å². The topological polar surface area (TPSA) is 96.7 Å². The number of carbonyl (C=O) groups is 1. The first-order valence-electron chi connectivity index (χ1n) is 7.09. The van der Waals surface area contributed by atoms with Crippen LogP contribution in [-0.4, -0.2) is 33.4 Å². The molecule has 7 nitrogen and oxygen atoms in total. The summed E-state index contributed by atoms with van der Waals surface area (Å²) in [6, 6.07) is 11.1. The van der Waals surface area contributed by atoms with Gasteiger partial charge < -0.3 is 9.84 Å². The summed E-state index contributed by atoms with van der Waals surface area (Å²) in [6.45, 7) is 1.40. The van der Waals surface area contributed by atoms with Crippen LogP contribution in [0, 0.1) is 0 Å². The van der Waals surface area contributed by atoms with Gasteiger partial charge in [-0.1, -0.05) is 23.5 Å². The largest absolute Gasteiger partial charge is 0.482 e. The molecule has 0 aliphatic carbocycles. The second-order valence-corrected chi connectivity index (χ2v) is 5.89. The molecule has 0 unspecified atom stereocenters.